The lowest BCUT2D eigenvalue weighted by Crippen LogP contribution is -2.30. The van der Waals surface area contributed by atoms with Crippen LogP contribution in [0.2, 0.25) is 0 Å². The van der Waals surface area contributed by atoms with Gasteiger partial charge in [0.2, 0.25) is 0 Å². The Morgan fingerprint density at radius 2 is 1.86 bits per heavy atom. The molecule has 7 heteroatoms. The highest BCUT2D eigenvalue weighted by Crippen LogP contribution is 2.28. The third kappa shape index (κ3) is 5.50. The number of ether oxygens (including phenoxy) is 1. The van der Waals surface area contributed by atoms with Crippen LogP contribution in [0.1, 0.15) is 52.1 Å². The van der Waals surface area contributed by atoms with Gasteiger partial charge in [-0.15, -0.1) is 0 Å². The van der Waals surface area contributed by atoms with E-state index in [9.17, 15) is 4.79 Å². The van der Waals surface area contributed by atoms with Gasteiger partial charge in [0.25, 0.3) is 0 Å². The Morgan fingerprint density at radius 1 is 1.10 bits per heavy atom. The van der Waals surface area contributed by atoms with Gasteiger partial charge in [-0.25, -0.2) is 9.97 Å². The van der Waals surface area contributed by atoms with Crippen molar-refractivity contribution in [3.63, 3.8) is 0 Å². The van der Waals surface area contributed by atoms with Gasteiger partial charge in [-0.1, -0.05) is 20.8 Å². The van der Waals surface area contributed by atoms with Crippen LogP contribution in [0.15, 0.2) is 24.5 Å². The lowest BCUT2D eigenvalue weighted by Gasteiger charge is -2.29. The summed E-state index contributed by atoms with van der Waals surface area (Å²) < 4.78 is 5.46. The van der Waals surface area contributed by atoms with E-state index < -0.39 is 0 Å². The van der Waals surface area contributed by atoms with Crippen molar-refractivity contribution in [1.82, 2.24) is 15.0 Å². The predicted molar refractivity (Wildman–Crippen MR) is 115 cm³/mol. The van der Waals surface area contributed by atoms with Crippen LogP contribution in [-0.2, 0) is 14.9 Å². The van der Waals surface area contributed by atoms with E-state index in [0.717, 1.165) is 48.9 Å². The number of anilines is 2. The fraction of sp³-hybridized carbons (Fsp3) is 0.545. The van der Waals surface area contributed by atoms with Crippen molar-refractivity contribution in [1.29, 1.82) is 0 Å². The first-order valence-corrected chi connectivity index (χ1v) is 10.2. The first kappa shape index (κ1) is 21.2. The van der Waals surface area contributed by atoms with Gasteiger partial charge in [0.05, 0.1) is 24.5 Å². The maximum atomic E-state index is 10.8. The molecule has 0 bridgehead atoms. The van der Waals surface area contributed by atoms with Gasteiger partial charge >= 0.3 is 0 Å². The molecule has 0 atom stereocenters. The van der Waals surface area contributed by atoms with E-state index in [4.69, 9.17) is 9.72 Å². The second-order valence-corrected chi connectivity index (χ2v) is 8.54. The van der Waals surface area contributed by atoms with E-state index in [1.54, 1.807) is 13.3 Å². The number of aldehydes is 1. The summed E-state index contributed by atoms with van der Waals surface area (Å²) in [6.45, 7) is 6.62. The van der Waals surface area contributed by atoms with Crippen LogP contribution in [-0.4, -0.2) is 47.0 Å². The van der Waals surface area contributed by atoms with E-state index in [1.165, 1.54) is 0 Å². The summed E-state index contributed by atoms with van der Waals surface area (Å²) >= 11 is 0. The number of rotatable bonds is 7. The number of carbonyl (C=O) groups is 1. The van der Waals surface area contributed by atoms with Crippen LogP contribution in [0, 0.1) is 0 Å². The molecule has 1 fully saturated rings. The molecule has 1 aliphatic carbocycles. The molecule has 0 aromatic carbocycles. The van der Waals surface area contributed by atoms with E-state index in [0.29, 0.717) is 23.8 Å². The second kappa shape index (κ2) is 9.31. The molecular formula is C22H31N5O2. The molecule has 2 aromatic rings. The highest BCUT2D eigenvalue weighted by atomic mass is 16.5. The van der Waals surface area contributed by atoms with Gasteiger partial charge in [0, 0.05) is 36.0 Å². The summed E-state index contributed by atoms with van der Waals surface area (Å²) in [6, 6.07) is 4.38. The Bertz CT molecular complexity index is 809. The van der Waals surface area contributed by atoms with Gasteiger partial charge in [0.1, 0.15) is 6.29 Å². The Hall–Kier alpha value is -2.54. The number of nitrogens with one attached hydrogen (secondary N) is 2. The Kier molecular flexibility index (Phi) is 6.79. The number of pyridine rings is 1. The minimum Gasteiger partial charge on any atom is -0.381 e. The molecule has 1 aliphatic rings. The van der Waals surface area contributed by atoms with E-state index in [2.05, 4.69) is 41.4 Å². The fourth-order valence-corrected chi connectivity index (χ4v) is 3.52. The summed E-state index contributed by atoms with van der Waals surface area (Å²) in [5.41, 5.74) is 2.70. The topological polar surface area (TPSA) is 89.0 Å². The predicted octanol–water partition coefficient (Wildman–Crippen LogP) is 3.82. The quantitative estimate of drug-likeness (QED) is 0.538. The number of hydrogen-bond acceptors (Lipinski definition) is 7. The third-order valence-electron chi connectivity index (χ3n) is 5.30. The lowest BCUT2D eigenvalue weighted by molar-refractivity contribution is -0.106. The average molecular weight is 402 g/mol. The van der Waals surface area contributed by atoms with Crippen LogP contribution >= 0.6 is 0 Å². The highest BCUT2D eigenvalue weighted by Gasteiger charge is 2.22. The van der Waals surface area contributed by atoms with Gasteiger partial charge in [-0.2, -0.15) is 0 Å². The molecule has 0 aliphatic heterocycles. The summed E-state index contributed by atoms with van der Waals surface area (Å²) in [6.07, 6.45) is 8.79. The molecule has 3 rings (SSSR count). The molecule has 2 heterocycles. The Balaban J connectivity index is 1.82. The van der Waals surface area contributed by atoms with Crippen molar-refractivity contribution in [3.05, 3.63) is 30.2 Å². The zero-order valence-corrected chi connectivity index (χ0v) is 17.7. The zero-order chi connectivity index (χ0) is 20.9. The Labute approximate surface area is 172 Å². The summed E-state index contributed by atoms with van der Waals surface area (Å²) in [4.78, 5) is 24.7. The van der Waals surface area contributed by atoms with Crippen LogP contribution in [0.3, 0.4) is 0 Å². The average Bonchev–Trinajstić information content (AvgIpc) is 2.73. The molecule has 7 nitrogen and oxygen atoms in total. The summed E-state index contributed by atoms with van der Waals surface area (Å²) in [5.74, 6) is 1.26. The van der Waals surface area contributed by atoms with Gasteiger partial charge in [-0.05, 0) is 37.8 Å². The summed E-state index contributed by atoms with van der Waals surface area (Å²) in [5, 5.41) is 6.56. The standard InChI is InChI=1S/C22H31N5O2/c1-22(2,3)19-10-5-15(13-24-19)18-14-25-20(23-11-12-28)21(27-18)26-16-6-8-17(29-4)9-7-16/h5,10,12-14,16-17H,6-9,11H2,1-4H3,(H,23,25)(H,26,27)/i1+1,2+1,11+1,12+1,22+1. The number of nitrogens with zero attached hydrogens (tertiary/aromatic N) is 3. The number of hydrogen-bond donors (Lipinski definition) is 2. The van der Waals surface area contributed by atoms with Crippen LogP contribution in [0.5, 0.6) is 0 Å². The molecule has 0 amide bonds. The van der Waals surface area contributed by atoms with Crippen molar-refractivity contribution in [2.75, 3.05) is 24.3 Å². The minimum absolute atomic E-state index is 0.000572. The van der Waals surface area contributed by atoms with E-state index in [1.807, 2.05) is 18.3 Å². The SMILES string of the molecule is COC1CCC(Nc2nc(-c3ccc([13C](C)([13CH3])[13CH3])nc3)cnc2N[13CH2][13CH]=O)CC1. The highest BCUT2D eigenvalue weighted by molar-refractivity contribution is 5.69. The van der Waals surface area contributed by atoms with Gasteiger partial charge < -0.3 is 20.2 Å². The normalized spacial score (nSPS) is 19.6. The lowest BCUT2D eigenvalue weighted by atomic mass is 9.93. The van der Waals surface area contributed by atoms with Crippen LogP contribution in [0.25, 0.3) is 11.3 Å². The third-order valence-corrected chi connectivity index (χ3v) is 5.30. The zero-order valence-electron chi connectivity index (χ0n) is 17.7. The number of methoxy groups -OCH3 is 1. The van der Waals surface area contributed by atoms with Crippen LogP contribution in [0.4, 0.5) is 11.6 Å². The van der Waals surface area contributed by atoms with Gasteiger partial charge in [0.15, 0.2) is 11.6 Å². The van der Waals surface area contributed by atoms with Crippen molar-refractivity contribution in [2.45, 2.75) is 64.0 Å². The molecule has 29 heavy (non-hydrogen) atoms. The molecule has 2 N–H and O–H groups in total. The van der Waals surface area contributed by atoms with Crippen molar-refractivity contribution in [3.8, 4) is 11.3 Å². The molecular weight excluding hydrogens is 371 g/mol. The minimum atomic E-state index is 0.000572. The monoisotopic (exact) mass is 402 g/mol. The van der Waals surface area contributed by atoms with Crippen molar-refractivity contribution in [2.24, 2.45) is 0 Å². The molecule has 0 saturated heterocycles. The number of aromatic nitrogens is 3. The second-order valence-electron chi connectivity index (χ2n) is 8.54. The first-order chi connectivity index (χ1) is 13.9. The van der Waals surface area contributed by atoms with Crippen molar-refractivity contribution < 1.29 is 9.53 Å². The smallest absolute Gasteiger partial charge is 0.169 e. The largest absolute Gasteiger partial charge is 0.381 e. The van der Waals surface area contributed by atoms with E-state index in [-0.39, 0.29) is 12.0 Å². The summed E-state index contributed by atoms with van der Waals surface area (Å²) in [7, 11) is 1.77. The van der Waals surface area contributed by atoms with Crippen molar-refractivity contribution >= 4 is 17.9 Å². The molecule has 0 unspecified atom stereocenters. The molecule has 0 radical (unpaired) electrons. The molecule has 0 spiro atoms. The number of carbonyl (C=O) groups excluding carboxylic acids is 1. The molecule has 156 valence electrons. The maximum Gasteiger partial charge on any atom is 0.169 e. The Morgan fingerprint density at radius 3 is 2.45 bits per heavy atom. The fourth-order valence-electron chi connectivity index (χ4n) is 3.52. The van der Waals surface area contributed by atoms with Gasteiger partial charge in [-0.3, -0.25) is 4.98 Å². The van der Waals surface area contributed by atoms with E-state index >= 15 is 0 Å². The first-order valence-electron chi connectivity index (χ1n) is 10.2. The van der Waals surface area contributed by atoms with Crippen LogP contribution < -0.4 is 10.6 Å². The molecule has 1 saturated carbocycles. The molecule has 2 aromatic heterocycles. The maximum absolute atomic E-state index is 10.8.